The van der Waals surface area contributed by atoms with Gasteiger partial charge >= 0.3 is 0 Å². The summed E-state index contributed by atoms with van der Waals surface area (Å²) in [7, 11) is -3.72. The number of sulfonamides is 1. The van der Waals surface area contributed by atoms with Crippen LogP contribution >= 0.6 is 0 Å². The van der Waals surface area contributed by atoms with E-state index in [0.29, 0.717) is 36.1 Å². The number of nitriles is 1. The quantitative estimate of drug-likeness (QED) is 0.569. The fourth-order valence-electron chi connectivity index (χ4n) is 3.49. The molecule has 0 bridgehead atoms. The summed E-state index contributed by atoms with van der Waals surface area (Å²) >= 11 is 0. The Hall–Kier alpha value is -3.35. The first kappa shape index (κ1) is 20.9. The lowest BCUT2D eigenvalue weighted by Gasteiger charge is -2.19. The zero-order valence-corrected chi connectivity index (χ0v) is 18.0. The Labute approximate surface area is 180 Å². The lowest BCUT2D eigenvalue weighted by atomic mass is 10.0. The molecule has 0 amide bonds. The van der Waals surface area contributed by atoms with Crippen molar-refractivity contribution in [1.29, 1.82) is 5.26 Å². The van der Waals surface area contributed by atoms with Gasteiger partial charge in [0.1, 0.15) is 25.1 Å². The number of anilines is 1. The summed E-state index contributed by atoms with van der Waals surface area (Å²) in [6, 6.07) is 12.5. The van der Waals surface area contributed by atoms with Gasteiger partial charge in [0, 0.05) is 24.5 Å². The smallest absolute Gasteiger partial charge is 0.240 e. The predicted octanol–water partition coefficient (Wildman–Crippen LogP) is 2.88. The maximum atomic E-state index is 12.6. The second kappa shape index (κ2) is 8.41. The molecule has 0 saturated heterocycles. The monoisotopic (exact) mass is 438 g/mol. The van der Waals surface area contributed by atoms with Crippen molar-refractivity contribution in [2.45, 2.75) is 18.7 Å². The Morgan fingerprint density at radius 2 is 1.84 bits per heavy atom. The highest BCUT2D eigenvalue weighted by Gasteiger charge is 2.19. The lowest BCUT2D eigenvalue weighted by Crippen LogP contribution is -2.29. The summed E-state index contributed by atoms with van der Waals surface area (Å²) in [6.07, 6.45) is 0. The van der Waals surface area contributed by atoms with Gasteiger partial charge in [-0.15, -0.1) is 0 Å². The molecule has 0 unspecified atom stereocenters. The molecule has 2 N–H and O–H groups in total. The van der Waals surface area contributed by atoms with E-state index in [1.807, 2.05) is 26.0 Å². The van der Waals surface area contributed by atoms with Gasteiger partial charge < -0.3 is 14.8 Å². The minimum atomic E-state index is -3.72. The van der Waals surface area contributed by atoms with Gasteiger partial charge in [0.15, 0.2) is 11.5 Å². The van der Waals surface area contributed by atoms with Crippen LogP contribution in [0, 0.1) is 25.2 Å². The predicted molar refractivity (Wildman–Crippen MR) is 117 cm³/mol. The SMILES string of the molecule is Cc1cc(C)c2cc(C#N)c(NCCNS(=O)(=O)c3ccc4c(c3)OCCO4)nc2c1. The van der Waals surface area contributed by atoms with Crippen molar-refractivity contribution in [3.05, 3.63) is 53.1 Å². The van der Waals surface area contributed by atoms with Crippen LogP contribution in [0.5, 0.6) is 11.5 Å². The highest BCUT2D eigenvalue weighted by atomic mass is 32.2. The third-order valence-corrected chi connectivity index (χ3v) is 6.40. The van der Waals surface area contributed by atoms with Crippen molar-refractivity contribution in [3.63, 3.8) is 0 Å². The number of ether oxygens (including phenoxy) is 2. The highest BCUT2D eigenvalue weighted by molar-refractivity contribution is 7.89. The fraction of sp³-hybridized carbons (Fsp3) is 0.273. The molecule has 2 aromatic carbocycles. The van der Waals surface area contributed by atoms with E-state index in [1.54, 1.807) is 12.1 Å². The molecule has 0 radical (unpaired) electrons. The Balaban J connectivity index is 1.44. The number of hydrogen-bond donors (Lipinski definition) is 2. The standard InChI is InChI=1S/C22H22N4O4S/c1-14-9-15(2)18-11-16(13-23)22(26-19(18)10-14)24-5-6-25-31(27,28)17-3-4-20-21(12-17)30-8-7-29-20/h3-4,9-12,25H,5-8H2,1-2H3,(H,24,26). The van der Waals surface area contributed by atoms with Crippen LogP contribution in [0.3, 0.4) is 0 Å². The molecular formula is C22H22N4O4S. The summed E-state index contributed by atoms with van der Waals surface area (Å²) in [5.74, 6) is 1.37. The topological polar surface area (TPSA) is 113 Å². The number of pyridine rings is 1. The summed E-state index contributed by atoms with van der Waals surface area (Å²) in [6.45, 7) is 5.18. The van der Waals surface area contributed by atoms with Crippen LogP contribution in [-0.4, -0.2) is 39.7 Å². The number of rotatable bonds is 6. The largest absolute Gasteiger partial charge is 0.486 e. The summed E-state index contributed by atoms with van der Waals surface area (Å²) in [4.78, 5) is 4.67. The van der Waals surface area contributed by atoms with E-state index < -0.39 is 10.0 Å². The van der Waals surface area contributed by atoms with Crippen molar-refractivity contribution < 1.29 is 17.9 Å². The van der Waals surface area contributed by atoms with Gasteiger partial charge in [-0.2, -0.15) is 5.26 Å². The molecule has 31 heavy (non-hydrogen) atoms. The van der Waals surface area contributed by atoms with Crippen molar-refractivity contribution in [2.24, 2.45) is 0 Å². The molecule has 0 fully saturated rings. The normalized spacial score (nSPS) is 13.1. The van der Waals surface area contributed by atoms with E-state index >= 15 is 0 Å². The van der Waals surface area contributed by atoms with Gasteiger partial charge in [-0.1, -0.05) is 6.07 Å². The molecule has 0 saturated carbocycles. The van der Waals surface area contributed by atoms with Crippen LogP contribution < -0.4 is 19.5 Å². The summed E-state index contributed by atoms with van der Waals surface area (Å²) in [5.41, 5.74) is 3.34. The Bertz CT molecular complexity index is 1300. The Kier molecular flexibility index (Phi) is 5.67. The van der Waals surface area contributed by atoms with Gasteiger partial charge in [0.25, 0.3) is 0 Å². The molecule has 0 aliphatic carbocycles. The van der Waals surface area contributed by atoms with Crippen molar-refractivity contribution >= 4 is 26.7 Å². The zero-order chi connectivity index (χ0) is 22.0. The van der Waals surface area contributed by atoms with Crippen LogP contribution in [0.15, 0.2) is 41.3 Å². The van der Waals surface area contributed by atoms with Crippen LogP contribution in [0.2, 0.25) is 0 Å². The molecule has 1 aliphatic rings. The number of nitrogens with zero attached hydrogens (tertiary/aromatic N) is 2. The molecule has 1 aliphatic heterocycles. The number of nitrogens with one attached hydrogen (secondary N) is 2. The summed E-state index contributed by atoms with van der Waals surface area (Å²) < 4.78 is 38.6. The Morgan fingerprint density at radius 3 is 2.61 bits per heavy atom. The lowest BCUT2D eigenvalue weighted by molar-refractivity contribution is 0.171. The molecule has 2 heterocycles. The maximum Gasteiger partial charge on any atom is 0.240 e. The van der Waals surface area contributed by atoms with Crippen molar-refractivity contribution in [3.8, 4) is 17.6 Å². The number of hydrogen-bond acceptors (Lipinski definition) is 7. The van der Waals surface area contributed by atoms with E-state index in [0.717, 1.165) is 22.0 Å². The first-order chi connectivity index (χ1) is 14.9. The first-order valence-corrected chi connectivity index (χ1v) is 11.3. The molecular weight excluding hydrogens is 416 g/mol. The molecule has 1 aromatic heterocycles. The minimum absolute atomic E-state index is 0.101. The Morgan fingerprint density at radius 1 is 1.06 bits per heavy atom. The molecule has 0 spiro atoms. The first-order valence-electron chi connectivity index (χ1n) is 9.83. The van der Waals surface area contributed by atoms with E-state index in [1.165, 1.54) is 12.1 Å². The average Bonchev–Trinajstić information content (AvgIpc) is 2.75. The highest BCUT2D eigenvalue weighted by Crippen LogP contribution is 2.32. The second-order valence-electron chi connectivity index (χ2n) is 7.27. The van der Waals surface area contributed by atoms with Gasteiger partial charge in [0.2, 0.25) is 10.0 Å². The van der Waals surface area contributed by atoms with Gasteiger partial charge in [-0.25, -0.2) is 18.1 Å². The third kappa shape index (κ3) is 4.40. The van der Waals surface area contributed by atoms with Gasteiger partial charge in [0.05, 0.1) is 16.0 Å². The van der Waals surface area contributed by atoms with E-state index in [9.17, 15) is 13.7 Å². The second-order valence-corrected chi connectivity index (χ2v) is 9.04. The number of fused-ring (bicyclic) bond motifs is 2. The molecule has 9 heteroatoms. The minimum Gasteiger partial charge on any atom is -0.486 e. The van der Waals surface area contributed by atoms with E-state index in [-0.39, 0.29) is 18.0 Å². The number of aromatic nitrogens is 1. The van der Waals surface area contributed by atoms with Gasteiger partial charge in [-0.05, 0) is 49.2 Å². The maximum absolute atomic E-state index is 12.6. The summed E-state index contributed by atoms with van der Waals surface area (Å²) in [5, 5.41) is 13.5. The fourth-order valence-corrected chi connectivity index (χ4v) is 4.54. The van der Waals surface area contributed by atoms with Crippen molar-refractivity contribution in [2.75, 3.05) is 31.6 Å². The zero-order valence-electron chi connectivity index (χ0n) is 17.2. The molecule has 0 atom stereocenters. The van der Waals surface area contributed by atoms with Crippen LogP contribution in [-0.2, 0) is 10.0 Å². The van der Waals surface area contributed by atoms with Crippen LogP contribution in [0.4, 0.5) is 5.82 Å². The average molecular weight is 439 g/mol. The van der Waals surface area contributed by atoms with Gasteiger partial charge in [-0.3, -0.25) is 0 Å². The molecule has 8 nitrogen and oxygen atoms in total. The van der Waals surface area contributed by atoms with Crippen molar-refractivity contribution in [1.82, 2.24) is 9.71 Å². The molecule has 4 rings (SSSR count). The number of aryl methyl sites for hydroxylation is 2. The van der Waals surface area contributed by atoms with E-state index in [4.69, 9.17) is 9.47 Å². The number of benzene rings is 2. The third-order valence-electron chi connectivity index (χ3n) is 4.94. The van der Waals surface area contributed by atoms with E-state index in [2.05, 4.69) is 21.1 Å². The molecule has 3 aromatic rings. The molecule has 160 valence electrons. The van der Waals surface area contributed by atoms with Crippen LogP contribution in [0.25, 0.3) is 10.9 Å². The van der Waals surface area contributed by atoms with Crippen LogP contribution in [0.1, 0.15) is 16.7 Å².